The minimum atomic E-state index is 0.688. The van der Waals surface area contributed by atoms with Crippen LogP contribution in [0.2, 0.25) is 0 Å². The molecule has 0 spiro atoms. The zero-order valence-corrected chi connectivity index (χ0v) is 11.4. The SMILES string of the molecule is CCOCCOCCCCCCOCCOC. The highest BCUT2D eigenvalue weighted by Crippen LogP contribution is 2.00. The Morgan fingerprint density at radius 2 is 1.12 bits per heavy atom. The normalized spacial score (nSPS) is 10.9. The first-order valence-electron chi connectivity index (χ1n) is 6.64. The highest BCUT2D eigenvalue weighted by atomic mass is 16.5. The van der Waals surface area contributed by atoms with Crippen molar-refractivity contribution in [2.45, 2.75) is 32.6 Å². The van der Waals surface area contributed by atoms with Crippen LogP contribution < -0.4 is 0 Å². The van der Waals surface area contributed by atoms with Crippen molar-refractivity contribution in [3.8, 4) is 0 Å². The molecule has 0 atom stereocenters. The Bertz CT molecular complexity index is 117. The lowest BCUT2D eigenvalue weighted by molar-refractivity contribution is 0.0504. The van der Waals surface area contributed by atoms with Gasteiger partial charge in [0.05, 0.1) is 26.4 Å². The van der Waals surface area contributed by atoms with Gasteiger partial charge in [-0.15, -0.1) is 0 Å². The fourth-order valence-electron chi connectivity index (χ4n) is 1.37. The number of unbranched alkanes of at least 4 members (excludes halogenated alkanes) is 3. The number of hydrogen-bond donors (Lipinski definition) is 0. The smallest absolute Gasteiger partial charge is 0.0700 e. The Labute approximate surface area is 106 Å². The Hall–Kier alpha value is -0.160. The van der Waals surface area contributed by atoms with E-state index in [1.165, 1.54) is 12.8 Å². The second kappa shape index (κ2) is 15.8. The molecule has 0 rings (SSSR count). The molecule has 0 amide bonds. The zero-order chi connectivity index (χ0) is 12.6. The van der Waals surface area contributed by atoms with E-state index in [2.05, 4.69) is 0 Å². The van der Waals surface area contributed by atoms with Crippen molar-refractivity contribution in [2.24, 2.45) is 0 Å². The first kappa shape index (κ1) is 16.8. The van der Waals surface area contributed by atoms with Crippen LogP contribution in [0.4, 0.5) is 0 Å². The Morgan fingerprint density at radius 1 is 0.588 bits per heavy atom. The molecule has 0 aliphatic carbocycles. The van der Waals surface area contributed by atoms with Crippen molar-refractivity contribution in [3.63, 3.8) is 0 Å². The molecule has 0 radical (unpaired) electrons. The van der Waals surface area contributed by atoms with Gasteiger partial charge in [-0.2, -0.15) is 0 Å². The summed E-state index contributed by atoms with van der Waals surface area (Å²) >= 11 is 0. The maximum absolute atomic E-state index is 5.42. The average Bonchev–Trinajstić information content (AvgIpc) is 2.35. The van der Waals surface area contributed by atoms with Crippen LogP contribution >= 0.6 is 0 Å². The van der Waals surface area contributed by atoms with Crippen molar-refractivity contribution in [1.82, 2.24) is 0 Å². The van der Waals surface area contributed by atoms with E-state index >= 15 is 0 Å². The highest BCUT2D eigenvalue weighted by Gasteiger charge is 1.92. The van der Waals surface area contributed by atoms with Gasteiger partial charge in [-0.25, -0.2) is 0 Å². The van der Waals surface area contributed by atoms with E-state index in [0.717, 1.165) is 32.7 Å². The van der Waals surface area contributed by atoms with Crippen molar-refractivity contribution in [2.75, 3.05) is 53.4 Å². The molecule has 17 heavy (non-hydrogen) atoms. The van der Waals surface area contributed by atoms with Gasteiger partial charge in [-0.3, -0.25) is 0 Å². The lowest BCUT2D eigenvalue weighted by Gasteiger charge is -2.05. The zero-order valence-electron chi connectivity index (χ0n) is 11.4. The van der Waals surface area contributed by atoms with Gasteiger partial charge in [0.2, 0.25) is 0 Å². The lowest BCUT2D eigenvalue weighted by Crippen LogP contribution is -2.05. The van der Waals surface area contributed by atoms with Gasteiger partial charge in [0.1, 0.15) is 0 Å². The van der Waals surface area contributed by atoms with E-state index in [4.69, 9.17) is 18.9 Å². The molecule has 0 fully saturated rings. The number of ether oxygens (including phenoxy) is 4. The average molecular weight is 248 g/mol. The van der Waals surface area contributed by atoms with E-state index in [1.54, 1.807) is 7.11 Å². The molecule has 104 valence electrons. The van der Waals surface area contributed by atoms with E-state index in [-0.39, 0.29) is 0 Å². The largest absolute Gasteiger partial charge is 0.382 e. The molecule has 0 aromatic rings. The summed E-state index contributed by atoms with van der Waals surface area (Å²) in [5, 5.41) is 0. The van der Waals surface area contributed by atoms with E-state index in [9.17, 15) is 0 Å². The second-order valence-corrected chi connectivity index (χ2v) is 3.83. The van der Waals surface area contributed by atoms with Crippen LogP contribution in [0.3, 0.4) is 0 Å². The summed E-state index contributed by atoms with van der Waals surface area (Å²) in [6.07, 6.45) is 4.68. The molecule has 0 saturated heterocycles. The molecule has 0 bridgehead atoms. The van der Waals surface area contributed by atoms with Gasteiger partial charge in [-0.1, -0.05) is 12.8 Å². The Kier molecular flexibility index (Phi) is 15.7. The molecular weight excluding hydrogens is 220 g/mol. The van der Waals surface area contributed by atoms with Gasteiger partial charge in [0.25, 0.3) is 0 Å². The molecule has 0 aromatic carbocycles. The van der Waals surface area contributed by atoms with E-state index in [1.807, 2.05) is 6.92 Å². The van der Waals surface area contributed by atoms with Gasteiger partial charge in [0.15, 0.2) is 0 Å². The van der Waals surface area contributed by atoms with Crippen LogP contribution in [0, 0.1) is 0 Å². The maximum atomic E-state index is 5.42. The molecule has 0 aliphatic heterocycles. The molecule has 0 unspecified atom stereocenters. The van der Waals surface area contributed by atoms with Crippen LogP contribution in [0.1, 0.15) is 32.6 Å². The maximum Gasteiger partial charge on any atom is 0.0700 e. The monoisotopic (exact) mass is 248 g/mol. The predicted molar refractivity (Wildman–Crippen MR) is 68.5 cm³/mol. The number of hydrogen-bond acceptors (Lipinski definition) is 4. The summed E-state index contributed by atoms with van der Waals surface area (Å²) in [6, 6.07) is 0. The van der Waals surface area contributed by atoms with Crippen LogP contribution in [-0.4, -0.2) is 53.4 Å². The number of methoxy groups -OCH3 is 1. The molecule has 0 heterocycles. The topological polar surface area (TPSA) is 36.9 Å². The van der Waals surface area contributed by atoms with Crippen molar-refractivity contribution >= 4 is 0 Å². The minimum absolute atomic E-state index is 0.688. The summed E-state index contributed by atoms with van der Waals surface area (Å²) in [4.78, 5) is 0. The summed E-state index contributed by atoms with van der Waals surface area (Å²) < 4.78 is 20.9. The fraction of sp³-hybridized carbons (Fsp3) is 1.00. The van der Waals surface area contributed by atoms with Crippen LogP contribution in [0.15, 0.2) is 0 Å². The Balaban J connectivity index is 2.85. The summed E-state index contributed by atoms with van der Waals surface area (Å²) in [7, 11) is 1.69. The summed E-state index contributed by atoms with van der Waals surface area (Å²) in [5.41, 5.74) is 0. The van der Waals surface area contributed by atoms with Gasteiger partial charge in [-0.05, 0) is 19.8 Å². The molecule has 0 aliphatic rings. The van der Waals surface area contributed by atoms with Crippen molar-refractivity contribution < 1.29 is 18.9 Å². The Morgan fingerprint density at radius 3 is 1.65 bits per heavy atom. The number of rotatable bonds is 14. The van der Waals surface area contributed by atoms with Crippen LogP contribution in [0.25, 0.3) is 0 Å². The molecule has 0 saturated carbocycles. The van der Waals surface area contributed by atoms with Gasteiger partial charge < -0.3 is 18.9 Å². The predicted octanol–water partition coefficient (Wildman–Crippen LogP) is 2.26. The van der Waals surface area contributed by atoms with Crippen LogP contribution in [0.5, 0.6) is 0 Å². The lowest BCUT2D eigenvalue weighted by atomic mass is 10.2. The minimum Gasteiger partial charge on any atom is -0.382 e. The van der Waals surface area contributed by atoms with Crippen molar-refractivity contribution in [3.05, 3.63) is 0 Å². The van der Waals surface area contributed by atoms with E-state index < -0.39 is 0 Å². The van der Waals surface area contributed by atoms with Crippen molar-refractivity contribution in [1.29, 1.82) is 0 Å². The highest BCUT2D eigenvalue weighted by molar-refractivity contribution is 4.43. The fourth-order valence-corrected chi connectivity index (χ4v) is 1.37. The summed E-state index contributed by atoms with van der Waals surface area (Å²) in [5.74, 6) is 0. The van der Waals surface area contributed by atoms with Gasteiger partial charge in [0, 0.05) is 26.9 Å². The second-order valence-electron chi connectivity index (χ2n) is 3.83. The third-order valence-electron chi connectivity index (χ3n) is 2.34. The standard InChI is InChI=1S/C13H28O4/c1-3-15-12-13-17-9-7-5-4-6-8-16-11-10-14-2/h3-13H2,1-2H3. The summed E-state index contributed by atoms with van der Waals surface area (Å²) in [6.45, 7) is 7.27. The molecular formula is C13H28O4. The quantitative estimate of drug-likeness (QED) is 0.442. The molecule has 0 N–H and O–H groups in total. The first-order chi connectivity index (χ1) is 8.41. The third kappa shape index (κ3) is 15.8. The molecule has 4 heteroatoms. The van der Waals surface area contributed by atoms with Gasteiger partial charge >= 0.3 is 0 Å². The van der Waals surface area contributed by atoms with E-state index in [0.29, 0.717) is 26.4 Å². The first-order valence-corrected chi connectivity index (χ1v) is 6.64. The molecule has 4 nitrogen and oxygen atoms in total. The molecule has 0 aromatic heterocycles. The van der Waals surface area contributed by atoms with Crippen LogP contribution in [-0.2, 0) is 18.9 Å². The third-order valence-corrected chi connectivity index (χ3v) is 2.34.